The van der Waals surface area contributed by atoms with Crippen LogP contribution in [0.5, 0.6) is 0 Å². The number of hydrogen-bond donors (Lipinski definition) is 4. The molecule has 316 valence electrons. The molecule has 8 aromatic carbocycles. The first-order valence-corrected chi connectivity index (χ1v) is 21.5. The molecule has 0 fully saturated rings. The Balaban J connectivity index is 1.25. The summed E-state index contributed by atoms with van der Waals surface area (Å²) >= 11 is 0. The Morgan fingerprint density at radius 1 is 0.397 bits per heavy atom. The Kier molecular flexibility index (Phi) is 11.6. The highest BCUT2D eigenvalue weighted by Crippen LogP contribution is 2.45. The first kappa shape index (κ1) is 42.8. The van der Waals surface area contributed by atoms with Gasteiger partial charge in [-0.2, -0.15) is 0 Å². The molecule has 0 bridgehead atoms. The van der Waals surface area contributed by atoms with E-state index in [9.17, 15) is 10.2 Å². The van der Waals surface area contributed by atoms with E-state index in [0.29, 0.717) is 33.4 Å². The number of fused-ring (bicyclic) bond motifs is 2. The first-order valence-electron chi connectivity index (χ1n) is 21.5. The van der Waals surface area contributed by atoms with Crippen LogP contribution < -0.4 is 10.6 Å². The molecular formula is C57H54N2O4. The van der Waals surface area contributed by atoms with Gasteiger partial charge in [0, 0.05) is 0 Å². The van der Waals surface area contributed by atoms with Crippen LogP contribution in [-0.4, -0.2) is 22.0 Å². The summed E-state index contributed by atoms with van der Waals surface area (Å²) in [7, 11) is 0. The zero-order valence-electron chi connectivity index (χ0n) is 36.7. The highest BCUT2D eigenvalue weighted by molar-refractivity contribution is 6.04. The Bertz CT molecular complexity index is 2630. The minimum Gasteiger partial charge on any atom is -0.378 e. The van der Waals surface area contributed by atoms with Gasteiger partial charge in [0.2, 0.25) is 11.8 Å². The van der Waals surface area contributed by atoms with Crippen LogP contribution in [0.1, 0.15) is 81.6 Å². The summed E-state index contributed by atoms with van der Waals surface area (Å²) in [6, 6.07) is 56.2. The summed E-state index contributed by atoms with van der Waals surface area (Å²) in [6.07, 6.45) is 0. The lowest BCUT2D eigenvalue weighted by Crippen LogP contribution is -2.55. The van der Waals surface area contributed by atoms with E-state index in [4.69, 9.17) is 0 Å². The molecule has 0 saturated carbocycles. The van der Waals surface area contributed by atoms with Gasteiger partial charge in [0.25, 0.3) is 0 Å². The summed E-state index contributed by atoms with van der Waals surface area (Å²) in [5.74, 6) is -1.22. The predicted octanol–water partition coefficient (Wildman–Crippen LogP) is 11.1. The Hall–Kier alpha value is -6.86. The van der Waals surface area contributed by atoms with Gasteiger partial charge < -0.3 is 20.8 Å². The van der Waals surface area contributed by atoms with Gasteiger partial charge in [-0.05, 0) is 109 Å². The molecule has 0 aliphatic carbocycles. The first-order chi connectivity index (χ1) is 30.2. The molecule has 0 aliphatic rings. The third-order valence-corrected chi connectivity index (χ3v) is 12.7. The molecule has 63 heavy (non-hydrogen) atoms. The van der Waals surface area contributed by atoms with Gasteiger partial charge >= 0.3 is 0 Å². The SMILES string of the molecule is Cc1ccc(C(O)(c2ccc(C)cc2)[C@H](NC(=O)C(C)(C)C(=O)N[C@H](c2ccc3ccccc3c2)C(O)(c2ccc(C)cc2)c2ccc(C)cc2)c2ccc3ccccc3c2)cc1. The fourth-order valence-corrected chi connectivity index (χ4v) is 8.59. The van der Waals surface area contributed by atoms with Crippen LogP contribution in [0.4, 0.5) is 0 Å². The number of rotatable bonds is 12. The van der Waals surface area contributed by atoms with Crippen LogP contribution in [0.2, 0.25) is 0 Å². The second kappa shape index (κ2) is 17.1. The van der Waals surface area contributed by atoms with Crippen LogP contribution >= 0.6 is 0 Å². The molecule has 0 aliphatic heterocycles. The van der Waals surface area contributed by atoms with Gasteiger partial charge in [-0.25, -0.2) is 0 Å². The molecule has 0 spiro atoms. The smallest absolute Gasteiger partial charge is 0.235 e. The monoisotopic (exact) mass is 830 g/mol. The Morgan fingerprint density at radius 3 is 0.952 bits per heavy atom. The molecule has 6 heteroatoms. The Labute approximate surface area is 370 Å². The van der Waals surface area contributed by atoms with E-state index in [-0.39, 0.29) is 0 Å². The molecule has 0 saturated heterocycles. The fourth-order valence-electron chi connectivity index (χ4n) is 8.59. The third-order valence-electron chi connectivity index (χ3n) is 12.7. The number of carbonyl (C=O) groups excluding carboxylic acids is 2. The van der Waals surface area contributed by atoms with Gasteiger partial charge in [-0.15, -0.1) is 0 Å². The zero-order chi connectivity index (χ0) is 44.5. The minimum absolute atomic E-state index is 0.579. The average molecular weight is 831 g/mol. The van der Waals surface area contributed by atoms with Gasteiger partial charge in [0.1, 0.15) is 16.6 Å². The van der Waals surface area contributed by atoms with Crippen molar-refractivity contribution >= 4 is 33.4 Å². The van der Waals surface area contributed by atoms with Crippen LogP contribution in [0.3, 0.4) is 0 Å². The molecule has 0 heterocycles. The molecule has 0 aromatic heterocycles. The molecule has 0 unspecified atom stereocenters. The second-order valence-corrected chi connectivity index (χ2v) is 17.6. The molecular weight excluding hydrogens is 777 g/mol. The normalized spacial score (nSPS) is 13.1. The predicted molar refractivity (Wildman–Crippen MR) is 254 cm³/mol. The second-order valence-electron chi connectivity index (χ2n) is 17.6. The maximum absolute atomic E-state index is 15.2. The highest BCUT2D eigenvalue weighted by atomic mass is 16.3. The molecule has 2 amide bonds. The van der Waals surface area contributed by atoms with Crippen LogP contribution in [0, 0.1) is 33.1 Å². The largest absolute Gasteiger partial charge is 0.378 e. The maximum atomic E-state index is 15.2. The van der Waals surface area contributed by atoms with E-state index < -0.39 is 40.5 Å². The van der Waals surface area contributed by atoms with Crippen molar-refractivity contribution < 1.29 is 19.8 Å². The van der Waals surface area contributed by atoms with Gasteiger partial charge in [0.15, 0.2) is 0 Å². The fraction of sp³-hybridized carbons (Fsp3) is 0.193. The van der Waals surface area contributed by atoms with Crippen molar-refractivity contribution in [2.24, 2.45) is 5.41 Å². The zero-order valence-corrected chi connectivity index (χ0v) is 36.7. The molecule has 0 radical (unpaired) electrons. The number of aliphatic hydroxyl groups is 2. The summed E-state index contributed by atoms with van der Waals surface area (Å²) in [5, 5.41) is 37.1. The number of hydrogen-bond acceptors (Lipinski definition) is 4. The Morgan fingerprint density at radius 2 is 0.667 bits per heavy atom. The van der Waals surface area contributed by atoms with Crippen molar-refractivity contribution in [1.29, 1.82) is 0 Å². The number of aryl methyl sites for hydroxylation is 4. The lowest BCUT2D eigenvalue weighted by atomic mass is 9.75. The summed E-state index contributed by atoms with van der Waals surface area (Å²) in [6.45, 7) is 11.1. The third kappa shape index (κ3) is 8.28. The van der Waals surface area contributed by atoms with E-state index in [1.165, 1.54) is 0 Å². The van der Waals surface area contributed by atoms with Crippen LogP contribution in [0.15, 0.2) is 182 Å². The molecule has 8 rings (SSSR count). The van der Waals surface area contributed by atoms with E-state index >= 15 is 9.59 Å². The molecule has 2 atom stereocenters. The van der Waals surface area contributed by atoms with Gasteiger partial charge in [0.05, 0.1) is 12.1 Å². The van der Waals surface area contributed by atoms with Crippen molar-refractivity contribution in [3.05, 3.63) is 238 Å². The van der Waals surface area contributed by atoms with Crippen molar-refractivity contribution in [3.8, 4) is 0 Å². The molecule has 6 nitrogen and oxygen atoms in total. The molecule has 8 aromatic rings. The quantitative estimate of drug-likeness (QED) is 0.0922. The van der Waals surface area contributed by atoms with Gasteiger partial charge in [-0.3, -0.25) is 9.59 Å². The summed E-state index contributed by atoms with van der Waals surface area (Å²) in [5.41, 5.74) is 2.42. The number of carbonyl (C=O) groups is 2. The van der Waals surface area contributed by atoms with E-state index in [1.54, 1.807) is 13.8 Å². The van der Waals surface area contributed by atoms with Crippen molar-refractivity contribution in [1.82, 2.24) is 10.6 Å². The van der Waals surface area contributed by atoms with E-state index in [1.807, 2.05) is 210 Å². The standard InChI is InChI=1S/C57H54N2O4/c1-37-15-27-47(28-16-37)56(62,48-29-17-38(2)18-30-48)51(45-25-23-41-11-7-9-13-43(41)35-45)58-53(60)55(5,6)54(61)59-52(46-26-24-42-12-8-10-14-44(42)36-46)57(63,49-31-19-39(3)20-32-49)50-33-21-40(4)22-34-50/h7-36,51-52,62-63H,1-6H3,(H,58,60)(H,59,61)/t51-,52-/m1/s1. The molecule has 4 N–H and O–H groups in total. The van der Waals surface area contributed by atoms with E-state index in [0.717, 1.165) is 43.8 Å². The highest BCUT2D eigenvalue weighted by Gasteiger charge is 2.48. The lowest BCUT2D eigenvalue weighted by molar-refractivity contribution is -0.144. The number of nitrogens with one attached hydrogen (secondary N) is 2. The maximum Gasteiger partial charge on any atom is 0.235 e. The van der Waals surface area contributed by atoms with Crippen molar-refractivity contribution in [3.63, 3.8) is 0 Å². The van der Waals surface area contributed by atoms with E-state index in [2.05, 4.69) is 10.6 Å². The summed E-state index contributed by atoms with van der Waals surface area (Å²) < 4.78 is 0. The number of amides is 2. The lowest BCUT2D eigenvalue weighted by Gasteiger charge is -2.41. The van der Waals surface area contributed by atoms with Gasteiger partial charge in [-0.1, -0.05) is 192 Å². The topological polar surface area (TPSA) is 98.7 Å². The van der Waals surface area contributed by atoms with Crippen molar-refractivity contribution in [2.45, 2.75) is 64.8 Å². The van der Waals surface area contributed by atoms with Crippen LogP contribution in [0.25, 0.3) is 21.5 Å². The average Bonchev–Trinajstić information content (AvgIpc) is 3.29. The van der Waals surface area contributed by atoms with Crippen LogP contribution in [-0.2, 0) is 20.8 Å². The minimum atomic E-state index is -1.78. The summed E-state index contributed by atoms with van der Waals surface area (Å²) in [4.78, 5) is 30.4. The number of benzene rings is 8. The van der Waals surface area contributed by atoms with Crippen molar-refractivity contribution in [2.75, 3.05) is 0 Å².